The monoisotopic (exact) mass is 316 g/mol. The molecule has 0 radical (unpaired) electrons. The van der Waals surface area contributed by atoms with Crippen molar-refractivity contribution in [2.45, 2.75) is 0 Å². The van der Waals surface area contributed by atoms with E-state index >= 15 is 0 Å². The molecule has 0 fully saturated rings. The maximum absolute atomic E-state index is 11.6. The summed E-state index contributed by atoms with van der Waals surface area (Å²) >= 11 is 0. The first kappa shape index (κ1) is 15.6. The molecule has 24 heavy (non-hydrogen) atoms. The third kappa shape index (κ3) is 3.90. The van der Waals surface area contributed by atoms with Crippen molar-refractivity contribution in [2.75, 3.05) is 0 Å². The number of hydrogen-bond acceptors (Lipinski definition) is 2. The molecule has 3 nitrogen and oxygen atoms in total. The van der Waals surface area contributed by atoms with Crippen molar-refractivity contribution in [2.24, 2.45) is 0 Å². The van der Waals surface area contributed by atoms with Crippen molar-refractivity contribution in [3.8, 4) is 11.5 Å². The van der Waals surface area contributed by atoms with Crippen LogP contribution < -0.4 is 4.74 Å². The highest BCUT2D eigenvalue weighted by Crippen LogP contribution is 2.24. The minimum atomic E-state index is -0.962. The minimum absolute atomic E-state index is 0.243. The van der Waals surface area contributed by atoms with Crippen LogP contribution >= 0.6 is 0 Å². The van der Waals surface area contributed by atoms with E-state index in [4.69, 9.17) is 4.74 Å². The van der Waals surface area contributed by atoms with Crippen LogP contribution in [0.5, 0.6) is 11.5 Å². The van der Waals surface area contributed by atoms with Gasteiger partial charge in [-0.1, -0.05) is 60.7 Å². The van der Waals surface area contributed by atoms with E-state index in [0.717, 1.165) is 11.3 Å². The summed E-state index contributed by atoms with van der Waals surface area (Å²) in [4.78, 5) is 11.6. The number of carboxylic acid groups (broad SMARTS) is 1. The molecule has 0 saturated carbocycles. The quantitative estimate of drug-likeness (QED) is 0.526. The van der Waals surface area contributed by atoms with Gasteiger partial charge in [0.1, 0.15) is 11.5 Å². The first-order chi connectivity index (χ1) is 11.7. The Bertz CT molecular complexity index is 853. The smallest absolute Gasteiger partial charge is 0.336 e. The van der Waals surface area contributed by atoms with E-state index in [1.807, 2.05) is 72.8 Å². The Hall–Kier alpha value is -3.33. The second-order valence-electron chi connectivity index (χ2n) is 5.22. The normalized spacial score (nSPS) is 11.1. The van der Waals surface area contributed by atoms with E-state index in [-0.39, 0.29) is 5.57 Å². The van der Waals surface area contributed by atoms with Crippen LogP contribution in [0.4, 0.5) is 0 Å². The second-order valence-corrected chi connectivity index (χ2v) is 5.22. The molecule has 0 spiro atoms. The summed E-state index contributed by atoms with van der Waals surface area (Å²) in [7, 11) is 0. The standard InChI is InChI=1S/C21H16O3/c22-21(23)20(17-9-3-1-4-10-17)15-16-8-7-13-19(14-16)24-18-11-5-2-6-12-18/h1-15H,(H,22,23)/b20-15+. The van der Waals surface area contributed by atoms with Gasteiger partial charge in [0, 0.05) is 0 Å². The predicted octanol–water partition coefficient (Wildman–Crippen LogP) is 5.10. The molecule has 0 aromatic heterocycles. The van der Waals surface area contributed by atoms with Gasteiger partial charge in [0.15, 0.2) is 0 Å². The Morgan fingerprint density at radius 2 is 1.42 bits per heavy atom. The molecule has 3 aromatic rings. The summed E-state index contributed by atoms with van der Waals surface area (Å²) in [6.45, 7) is 0. The van der Waals surface area contributed by atoms with Crippen molar-refractivity contribution in [3.05, 3.63) is 96.1 Å². The number of carbonyl (C=O) groups is 1. The largest absolute Gasteiger partial charge is 0.478 e. The first-order valence-corrected chi connectivity index (χ1v) is 7.56. The first-order valence-electron chi connectivity index (χ1n) is 7.56. The number of ether oxygens (including phenoxy) is 1. The number of rotatable bonds is 5. The van der Waals surface area contributed by atoms with Crippen LogP contribution in [0.2, 0.25) is 0 Å². The summed E-state index contributed by atoms with van der Waals surface area (Å²) in [6.07, 6.45) is 1.65. The topological polar surface area (TPSA) is 46.5 Å². The lowest BCUT2D eigenvalue weighted by molar-refractivity contribution is -0.130. The number of carboxylic acids is 1. The van der Waals surface area contributed by atoms with Gasteiger partial charge in [0.05, 0.1) is 5.57 Å². The van der Waals surface area contributed by atoms with E-state index in [9.17, 15) is 9.90 Å². The van der Waals surface area contributed by atoms with E-state index < -0.39 is 5.97 Å². The lowest BCUT2D eigenvalue weighted by atomic mass is 10.0. The Kier molecular flexibility index (Phi) is 4.73. The van der Waals surface area contributed by atoms with Crippen molar-refractivity contribution in [1.82, 2.24) is 0 Å². The number of hydrogen-bond donors (Lipinski definition) is 1. The highest BCUT2D eigenvalue weighted by atomic mass is 16.5. The average Bonchev–Trinajstić information content (AvgIpc) is 2.61. The Morgan fingerprint density at radius 3 is 2.08 bits per heavy atom. The van der Waals surface area contributed by atoms with Crippen molar-refractivity contribution in [1.29, 1.82) is 0 Å². The maximum Gasteiger partial charge on any atom is 0.336 e. The van der Waals surface area contributed by atoms with Crippen LogP contribution in [0.1, 0.15) is 11.1 Å². The Labute approximate surface area is 140 Å². The molecule has 3 heteroatoms. The van der Waals surface area contributed by atoms with Crippen LogP contribution in [0.15, 0.2) is 84.9 Å². The fraction of sp³-hybridized carbons (Fsp3) is 0. The molecule has 1 N–H and O–H groups in total. The molecule has 0 aliphatic heterocycles. The van der Waals surface area contributed by atoms with Gasteiger partial charge in [-0.3, -0.25) is 0 Å². The zero-order valence-electron chi connectivity index (χ0n) is 12.9. The minimum Gasteiger partial charge on any atom is -0.478 e. The van der Waals surface area contributed by atoms with Gasteiger partial charge >= 0.3 is 5.97 Å². The number of benzene rings is 3. The molecular weight excluding hydrogens is 300 g/mol. The molecule has 0 saturated heterocycles. The third-order valence-corrected chi connectivity index (χ3v) is 3.46. The SMILES string of the molecule is O=C(O)/C(=C/c1cccc(Oc2ccccc2)c1)c1ccccc1. The maximum atomic E-state index is 11.6. The van der Waals surface area contributed by atoms with E-state index in [1.54, 1.807) is 18.2 Å². The van der Waals surface area contributed by atoms with Crippen molar-refractivity contribution < 1.29 is 14.6 Å². The van der Waals surface area contributed by atoms with Crippen LogP contribution in [-0.2, 0) is 4.79 Å². The average molecular weight is 316 g/mol. The van der Waals surface area contributed by atoms with Crippen LogP contribution in [0.3, 0.4) is 0 Å². The summed E-state index contributed by atoms with van der Waals surface area (Å²) in [5, 5.41) is 9.49. The molecular formula is C21H16O3. The molecule has 0 aliphatic rings. The summed E-state index contributed by atoms with van der Waals surface area (Å²) in [5.74, 6) is 0.434. The molecule has 0 unspecified atom stereocenters. The second kappa shape index (κ2) is 7.29. The van der Waals surface area contributed by atoms with Crippen LogP contribution in [0.25, 0.3) is 11.6 Å². The number of para-hydroxylation sites is 1. The number of aliphatic carboxylic acids is 1. The third-order valence-electron chi connectivity index (χ3n) is 3.46. The zero-order valence-corrected chi connectivity index (χ0v) is 12.9. The fourth-order valence-electron chi connectivity index (χ4n) is 2.35. The zero-order chi connectivity index (χ0) is 16.8. The predicted molar refractivity (Wildman–Crippen MR) is 94.9 cm³/mol. The molecule has 0 bridgehead atoms. The Balaban J connectivity index is 1.91. The fourth-order valence-corrected chi connectivity index (χ4v) is 2.35. The van der Waals surface area contributed by atoms with Crippen molar-refractivity contribution in [3.63, 3.8) is 0 Å². The van der Waals surface area contributed by atoms with E-state index in [2.05, 4.69) is 0 Å². The summed E-state index contributed by atoms with van der Waals surface area (Å²) in [6, 6.07) is 25.9. The molecule has 0 aliphatic carbocycles. The van der Waals surface area contributed by atoms with Gasteiger partial charge in [-0.25, -0.2) is 4.79 Å². The Morgan fingerprint density at radius 1 is 0.792 bits per heavy atom. The van der Waals surface area contributed by atoms with Gasteiger partial charge in [0.25, 0.3) is 0 Å². The summed E-state index contributed by atoms with van der Waals surface area (Å²) in [5.41, 5.74) is 1.68. The van der Waals surface area contributed by atoms with E-state index in [0.29, 0.717) is 11.3 Å². The van der Waals surface area contributed by atoms with Gasteiger partial charge in [-0.2, -0.15) is 0 Å². The van der Waals surface area contributed by atoms with Gasteiger partial charge in [0.2, 0.25) is 0 Å². The summed E-state index contributed by atoms with van der Waals surface area (Å²) < 4.78 is 5.79. The molecule has 0 atom stereocenters. The highest BCUT2D eigenvalue weighted by molar-refractivity contribution is 6.20. The highest BCUT2D eigenvalue weighted by Gasteiger charge is 2.10. The lowest BCUT2D eigenvalue weighted by Gasteiger charge is -2.07. The van der Waals surface area contributed by atoms with Crippen LogP contribution in [0, 0.1) is 0 Å². The van der Waals surface area contributed by atoms with E-state index in [1.165, 1.54) is 0 Å². The van der Waals surface area contributed by atoms with Gasteiger partial charge in [-0.05, 0) is 41.5 Å². The van der Waals surface area contributed by atoms with Crippen molar-refractivity contribution >= 4 is 17.6 Å². The molecule has 0 amide bonds. The molecule has 118 valence electrons. The molecule has 0 heterocycles. The molecule has 3 aromatic carbocycles. The lowest BCUT2D eigenvalue weighted by Crippen LogP contribution is -1.99. The van der Waals surface area contributed by atoms with Gasteiger partial charge < -0.3 is 9.84 Å². The van der Waals surface area contributed by atoms with Crippen LogP contribution in [-0.4, -0.2) is 11.1 Å². The molecule has 3 rings (SSSR count). The van der Waals surface area contributed by atoms with Gasteiger partial charge in [-0.15, -0.1) is 0 Å².